The number of anilines is 1. The zero-order valence-corrected chi connectivity index (χ0v) is 12.2. The average molecular weight is 280 g/mol. The lowest BCUT2D eigenvalue weighted by Gasteiger charge is -2.28. The lowest BCUT2D eigenvalue weighted by molar-refractivity contribution is -0.385. The second kappa shape index (κ2) is 6.28. The lowest BCUT2D eigenvalue weighted by atomic mass is 9.94. The first-order valence-corrected chi connectivity index (χ1v) is 7.93. The number of thioether (sulfide) groups is 1. The van der Waals surface area contributed by atoms with E-state index in [-0.39, 0.29) is 10.6 Å². The smallest absolute Gasteiger partial charge is 0.274 e. The van der Waals surface area contributed by atoms with Crippen molar-refractivity contribution >= 4 is 23.1 Å². The van der Waals surface area contributed by atoms with E-state index in [4.69, 9.17) is 0 Å². The van der Waals surface area contributed by atoms with Gasteiger partial charge in [-0.3, -0.25) is 10.1 Å². The third-order valence-electron chi connectivity index (χ3n) is 3.78. The largest absolute Gasteiger partial charge is 0.382 e. The molecule has 1 fully saturated rings. The molecule has 0 atom stereocenters. The SMILES string of the molecule is CSC1CCC(Nc2ccc(C)c([N+](=O)[O-])c2)CC1. The highest BCUT2D eigenvalue weighted by atomic mass is 32.2. The maximum Gasteiger partial charge on any atom is 0.274 e. The topological polar surface area (TPSA) is 55.2 Å². The van der Waals surface area contributed by atoms with Crippen LogP contribution in [0.1, 0.15) is 31.2 Å². The summed E-state index contributed by atoms with van der Waals surface area (Å²) in [6.07, 6.45) is 6.92. The molecule has 5 heteroatoms. The summed E-state index contributed by atoms with van der Waals surface area (Å²) in [4.78, 5) is 10.6. The van der Waals surface area contributed by atoms with E-state index in [0.29, 0.717) is 11.6 Å². The number of nitrogens with one attached hydrogen (secondary N) is 1. The molecule has 0 aromatic heterocycles. The summed E-state index contributed by atoms with van der Waals surface area (Å²) in [6.45, 7) is 1.77. The highest BCUT2D eigenvalue weighted by molar-refractivity contribution is 7.99. The van der Waals surface area contributed by atoms with Crippen molar-refractivity contribution in [3.63, 3.8) is 0 Å². The van der Waals surface area contributed by atoms with Crippen LogP contribution in [0.5, 0.6) is 0 Å². The third kappa shape index (κ3) is 3.62. The molecule has 2 rings (SSSR count). The molecule has 0 spiro atoms. The summed E-state index contributed by atoms with van der Waals surface area (Å²) in [5.74, 6) is 0. The summed E-state index contributed by atoms with van der Waals surface area (Å²) in [7, 11) is 0. The van der Waals surface area contributed by atoms with Gasteiger partial charge in [0.2, 0.25) is 0 Å². The number of hydrogen-bond acceptors (Lipinski definition) is 4. The van der Waals surface area contributed by atoms with Gasteiger partial charge in [0.15, 0.2) is 0 Å². The van der Waals surface area contributed by atoms with Crippen LogP contribution in [-0.4, -0.2) is 22.5 Å². The van der Waals surface area contributed by atoms with Crippen LogP contribution in [0.2, 0.25) is 0 Å². The predicted octanol–water partition coefficient (Wildman–Crippen LogP) is 3.99. The number of nitro benzene ring substituents is 1. The Labute approximate surface area is 118 Å². The van der Waals surface area contributed by atoms with Gasteiger partial charge in [-0.15, -0.1) is 0 Å². The molecule has 1 aliphatic carbocycles. The molecule has 1 aromatic rings. The summed E-state index contributed by atoms with van der Waals surface area (Å²) in [5, 5.41) is 15.1. The minimum Gasteiger partial charge on any atom is -0.382 e. The molecule has 0 unspecified atom stereocenters. The highest BCUT2D eigenvalue weighted by Crippen LogP contribution is 2.30. The molecule has 4 nitrogen and oxygen atoms in total. The van der Waals surface area contributed by atoms with Gasteiger partial charge in [0.05, 0.1) is 4.92 Å². The zero-order chi connectivity index (χ0) is 13.8. The normalized spacial score (nSPS) is 23.1. The van der Waals surface area contributed by atoms with Crippen LogP contribution in [0.3, 0.4) is 0 Å². The fraction of sp³-hybridized carbons (Fsp3) is 0.571. The number of nitro groups is 1. The van der Waals surface area contributed by atoms with Crippen molar-refractivity contribution < 1.29 is 4.92 Å². The Hall–Kier alpha value is -1.23. The molecule has 1 N–H and O–H groups in total. The Kier molecular flexibility index (Phi) is 4.69. The first-order valence-electron chi connectivity index (χ1n) is 6.64. The van der Waals surface area contributed by atoms with E-state index in [2.05, 4.69) is 11.6 Å². The van der Waals surface area contributed by atoms with Crippen LogP contribution >= 0.6 is 11.8 Å². The van der Waals surface area contributed by atoms with E-state index in [9.17, 15) is 10.1 Å². The van der Waals surface area contributed by atoms with Gasteiger partial charge in [-0.1, -0.05) is 6.07 Å². The molecule has 0 bridgehead atoms. The van der Waals surface area contributed by atoms with Crippen LogP contribution in [0.4, 0.5) is 11.4 Å². The molecule has 0 heterocycles. The lowest BCUT2D eigenvalue weighted by Crippen LogP contribution is -2.27. The van der Waals surface area contributed by atoms with Crippen molar-refractivity contribution in [2.45, 2.75) is 43.9 Å². The predicted molar refractivity (Wildman–Crippen MR) is 81.0 cm³/mol. The monoisotopic (exact) mass is 280 g/mol. The van der Waals surface area contributed by atoms with Gasteiger partial charge in [-0.25, -0.2) is 0 Å². The molecule has 1 aromatic carbocycles. The van der Waals surface area contributed by atoms with Crippen molar-refractivity contribution in [3.8, 4) is 0 Å². The quantitative estimate of drug-likeness (QED) is 0.669. The first-order chi connectivity index (χ1) is 9.10. The molecular weight excluding hydrogens is 260 g/mol. The molecule has 0 radical (unpaired) electrons. The van der Waals surface area contributed by atoms with Gasteiger partial charge in [-0.2, -0.15) is 11.8 Å². The summed E-state index contributed by atoms with van der Waals surface area (Å²) < 4.78 is 0. The van der Waals surface area contributed by atoms with Crippen LogP contribution in [-0.2, 0) is 0 Å². The van der Waals surface area contributed by atoms with Crippen LogP contribution in [0.15, 0.2) is 18.2 Å². The number of hydrogen-bond donors (Lipinski definition) is 1. The third-order valence-corrected chi connectivity index (χ3v) is 4.92. The maximum absolute atomic E-state index is 10.9. The second-order valence-electron chi connectivity index (χ2n) is 5.11. The summed E-state index contributed by atoms with van der Waals surface area (Å²) >= 11 is 1.95. The van der Waals surface area contributed by atoms with E-state index in [1.165, 1.54) is 12.8 Å². The van der Waals surface area contributed by atoms with Gasteiger partial charge < -0.3 is 5.32 Å². The second-order valence-corrected chi connectivity index (χ2v) is 6.25. The molecule has 19 heavy (non-hydrogen) atoms. The van der Waals surface area contributed by atoms with E-state index in [0.717, 1.165) is 23.8 Å². The van der Waals surface area contributed by atoms with Crippen molar-refractivity contribution in [1.29, 1.82) is 0 Å². The molecule has 0 saturated heterocycles. The number of aryl methyl sites for hydroxylation is 1. The van der Waals surface area contributed by atoms with Crippen molar-refractivity contribution in [1.82, 2.24) is 0 Å². The van der Waals surface area contributed by atoms with Gasteiger partial charge in [0.25, 0.3) is 5.69 Å². The van der Waals surface area contributed by atoms with Gasteiger partial charge in [-0.05, 0) is 44.9 Å². The Morgan fingerprint density at radius 2 is 2.00 bits per heavy atom. The molecule has 104 valence electrons. The van der Waals surface area contributed by atoms with E-state index >= 15 is 0 Å². The van der Waals surface area contributed by atoms with Crippen LogP contribution in [0.25, 0.3) is 0 Å². The Morgan fingerprint density at radius 1 is 1.32 bits per heavy atom. The van der Waals surface area contributed by atoms with Crippen molar-refractivity contribution in [3.05, 3.63) is 33.9 Å². The van der Waals surface area contributed by atoms with Gasteiger partial charge in [0.1, 0.15) is 0 Å². The van der Waals surface area contributed by atoms with Crippen molar-refractivity contribution in [2.75, 3.05) is 11.6 Å². The van der Waals surface area contributed by atoms with Gasteiger partial charge >= 0.3 is 0 Å². The van der Waals surface area contributed by atoms with Crippen LogP contribution in [0, 0.1) is 17.0 Å². The molecular formula is C14H20N2O2S. The fourth-order valence-electron chi connectivity index (χ4n) is 2.57. The molecule has 1 saturated carbocycles. The Balaban J connectivity index is 2.00. The molecule has 0 amide bonds. The standard InChI is InChI=1S/C14H20N2O2S/c1-10-3-4-12(9-14(10)16(17)18)15-11-5-7-13(19-2)8-6-11/h3-4,9,11,13,15H,5-8H2,1-2H3. The Bertz CT molecular complexity index is 457. The summed E-state index contributed by atoms with van der Waals surface area (Å²) in [5.41, 5.74) is 1.77. The zero-order valence-electron chi connectivity index (χ0n) is 11.4. The molecule has 1 aliphatic rings. The number of nitrogens with zero attached hydrogens (tertiary/aromatic N) is 1. The first kappa shape index (κ1) is 14.2. The van der Waals surface area contributed by atoms with E-state index in [1.54, 1.807) is 13.0 Å². The van der Waals surface area contributed by atoms with Gasteiger partial charge in [0, 0.05) is 28.6 Å². The minimum atomic E-state index is -0.314. The average Bonchev–Trinajstić information content (AvgIpc) is 2.41. The fourth-order valence-corrected chi connectivity index (χ4v) is 3.32. The Morgan fingerprint density at radius 3 is 2.58 bits per heavy atom. The minimum absolute atomic E-state index is 0.197. The molecule has 0 aliphatic heterocycles. The van der Waals surface area contributed by atoms with E-state index in [1.807, 2.05) is 23.9 Å². The van der Waals surface area contributed by atoms with E-state index < -0.39 is 0 Å². The number of benzene rings is 1. The number of rotatable bonds is 4. The summed E-state index contributed by atoms with van der Waals surface area (Å²) in [6, 6.07) is 5.85. The van der Waals surface area contributed by atoms with Crippen molar-refractivity contribution in [2.24, 2.45) is 0 Å². The highest BCUT2D eigenvalue weighted by Gasteiger charge is 2.21. The van der Waals surface area contributed by atoms with Crippen LogP contribution < -0.4 is 5.32 Å². The maximum atomic E-state index is 10.9.